The highest BCUT2D eigenvalue weighted by Crippen LogP contribution is 2.24. The molecule has 1 saturated heterocycles. The van der Waals surface area contributed by atoms with Crippen LogP contribution in [0.25, 0.3) is 5.57 Å². The quantitative estimate of drug-likeness (QED) is 0.752. The van der Waals surface area contributed by atoms with E-state index in [1.807, 2.05) is 0 Å². The van der Waals surface area contributed by atoms with E-state index in [-0.39, 0.29) is 37.6 Å². The van der Waals surface area contributed by atoms with Crippen molar-refractivity contribution in [3.63, 3.8) is 0 Å². The number of anilines is 1. The number of halogens is 2. The van der Waals surface area contributed by atoms with Gasteiger partial charge in [0.25, 0.3) is 0 Å². The fourth-order valence-corrected chi connectivity index (χ4v) is 4.44. The van der Waals surface area contributed by atoms with Crippen LogP contribution in [0.15, 0.2) is 53.4 Å². The number of nitrogens with zero attached hydrogens (tertiary/aromatic N) is 1. The molecule has 9 heteroatoms. The molecule has 1 aliphatic rings. The van der Waals surface area contributed by atoms with E-state index in [4.69, 9.17) is 4.74 Å². The maximum absolute atomic E-state index is 14.2. The third-order valence-electron chi connectivity index (χ3n) is 4.43. The Morgan fingerprint density at radius 2 is 1.79 bits per heavy atom. The molecule has 1 amide bonds. The van der Waals surface area contributed by atoms with Crippen molar-refractivity contribution < 1.29 is 26.7 Å². The van der Waals surface area contributed by atoms with Crippen LogP contribution in [0.5, 0.6) is 0 Å². The zero-order valence-electron chi connectivity index (χ0n) is 15.7. The molecule has 6 nitrogen and oxygen atoms in total. The van der Waals surface area contributed by atoms with Crippen LogP contribution in [-0.2, 0) is 19.6 Å². The number of carbonyl (C=O) groups excluding carboxylic acids is 1. The Morgan fingerprint density at radius 1 is 1.10 bits per heavy atom. The summed E-state index contributed by atoms with van der Waals surface area (Å²) in [5.74, 6) is -1.96. The number of allylic oxidation sites excluding steroid dienone is 1. The normalized spacial score (nSPS) is 15.9. The summed E-state index contributed by atoms with van der Waals surface area (Å²) in [6, 6.07) is 9.34. The van der Waals surface area contributed by atoms with Gasteiger partial charge in [-0.15, -0.1) is 0 Å². The van der Waals surface area contributed by atoms with Crippen LogP contribution in [0, 0.1) is 11.6 Å². The first-order valence-corrected chi connectivity index (χ1v) is 10.3. The summed E-state index contributed by atoms with van der Waals surface area (Å²) in [4.78, 5) is 11.8. The van der Waals surface area contributed by atoms with Crippen LogP contribution >= 0.6 is 0 Å². The lowest BCUT2D eigenvalue weighted by Gasteiger charge is -2.26. The Kier molecular flexibility index (Phi) is 6.41. The van der Waals surface area contributed by atoms with Gasteiger partial charge in [0.2, 0.25) is 15.9 Å². The molecule has 0 atom stereocenters. The summed E-state index contributed by atoms with van der Waals surface area (Å²) >= 11 is 0. The molecule has 1 heterocycles. The number of hydrogen-bond acceptors (Lipinski definition) is 4. The largest absolute Gasteiger partial charge is 0.379 e. The summed E-state index contributed by atoms with van der Waals surface area (Å²) in [6.07, 6.45) is 1.19. The standard InChI is InChI=1S/C20H20F2N2O4S/c1-14(16-4-2-3-5-17(16)21)12-20(25)23-15-6-7-18(22)19(13-15)29(26,27)24-8-10-28-11-9-24/h2-7,12-13H,8-11H2,1H3,(H,23,25)/b14-12-. The number of amides is 1. The predicted octanol–water partition coefficient (Wildman–Crippen LogP) is 3.03. The molecule has 1 aliphatic heterocycles. The first-order valence-electron chi connectivity index (χ1n) is 8.90. The Labute approximate surface area is 167 Å². The molecule has 3 rings (SSSR count). The summed E-state index contributed by atoms with van der Waals surface area (Å²) < 4.78 is 59.7. The summed E-state index contributed by atoms with van der Waals surface area (Å²) in [5.41, 5.74) is 0.780. The van der Waals surface area contributed by atoms with E-state index in [0.29, 0.717) is 5.57 Å². The third kappa shape index (κ3) is 4.87. The van der Waals surface area contributed by atoms with Crippen LogP contribution in [0.3, 0.4) is 0 Å². The van der Waals surface area contributed by atoms with Crippen LogP contribution in [0.1, 0.15) is 12.5 Å². The minimum atomic E-state index is -4.06. The van der Waals surface area contributed by atoms with Gasteiger partial charge >= 0.3 is 0 Å². The molecule has 0 aliphatic carbocycles. The number of carbonyl (C=O) groups is 1. The molecule has 29 heavy (non-hydrogen) atoms. The monoisotopic (exact) mass is 422 g/mol. The molecule has 2 aromatic rings. The number of rotatable bonds is 5. The molecule has 0 aromatic heterocycles. The fourth-order valence-electron chi connectivity index (χ4n) is 2.94. The average Bonchev–Trinajstić information content (AvgIpc) is 2.70. The number of ether oxygens (including phenoxy) is 1. The Bertz CT molecular complexity index is 1050. The van der Waals surface area contributed by atoms with Gasteiger partial charge in [-0.3, -0.25) is 4.79 Å². The van der Waals surface area contributed by atoms with Gasteiger partial charge in [-0.2, -0.15) is 4.31 Å². The zero-order valence-corrected chi connectivity index (χ0v) is 16.5. The summed E-state index contributed by atoms with van der Waals surface area (Å²) in [6.45, 7) is 2.30. The highest BCUT2D eigenvalue weighted by molar-refractivity contribution is 7.89. The summed E-state index contributed by atoms with van der Waals surface area (Å²) in [7, 11) is -4.06. The lowest BCUT2D eigenvalue weighted by atomic mass is 10.1. The van der Waals surface area contributed by atoms with Crippen molar-refractivity contribution in [3.8, 4) is 0 Å². The second kappa shape index (κ2) is 8.81. The molecule has 154 valence electrons. The lowest BCUT2D eigenvalue weighted by molar-refractivity contribution is -0.111. The Morgan fingerprint density at radius 3 is 2.48 bits per heavy atom. The Hall–Kier alpha value is -2.62. The van der Waals surface area contributed by atoms with Gasteiger partial charge in [0, 0.05) is 30.4 Å². The molecule has 1 N–H and O–H groups in total. The highest BCUT2D eigenvalue weighted by atomic mass is 32.2. The van der Waals surface area contributed by atoms with E-state index in [1.165, 1.54) is 18.2 Å². The van der Waals surface area contributed by atoms with E-state index in [2.05, 4.69) is 5.32 Å². The van der Waals surface area contributed by atoms with Gasteiger partial charge in [0.15, 0.2) is 0 Å². The molecular weight excluding hydrogens is 402 g/mol. The van der Waals surface area contributed by atoms with Gasteiger partial charge in [-0.05, 0) is 36.8 Å². The van der Waals surface area contributed by atoms with Crippen molar-refractivity contribution in [2.75, 3.05) is 31.6 Å². The van der Waals surface area contributed by atoms with E-state index >= 15 is 0 Å². The van der Waals surface area contributed by atoms with Crippen molar-refractivity contribution in [2.45, 2.75) is 11.8 Å². The van der Waals surface area contributed by atoms with Crippen LogP contribution in [0.4, 0.5) is 14.5 Å². The van der Waals surface area contributed by atoms with Crippen molar-refractivity contribution in [1.82, 2.24) is 4.31 Å². The maximum atomic E-state index is 14.2. The molecule has 0 spiro atoms. The molecular formula is C20H20F2N2O4S. The molecule has 1 fully saturated rings. The fraction of sp³-hybridized carbons (Fsp3) is 0.250. The number of benzene rings is 2. The molecule has 0 bridgehead atoms. The minimum absolute atomic E-state index is 0.112. The second-order valence-electron chi connectivity index (χ2n) is 6.46. The van der Waals surface area contributed by atoms with Crippen molar-refractivity contribution in [2.24, 2.45) is 0 Å². The van der Waals surface area contributed by atoms with Gasteiger partial charge in [0.05, 0.1) is 13.2 Å². The van der Waals surface area contributed by atoms with Gasteiger partial charge in [-0.25, -0.2) is 17.2 Å². The molecule has 0 saturated carbocycles. The smallest absolute Gasteiger partial charge is 0.248 e. The van der Waals surface area contributed by atoms with Gasteiger partial charge < -0.3 is 10.1 Å². The van der Waals surface area contributed by atoms with Crippen molar-refractivity contribution in [3.05, 3.63) is 65.7 Å². The lowest BCUT2D eigenvalue weighted by Crippen LogP contribution is -2.40. The topological polar surface area (TPSA) is 75.7 Å². The average molecular weight is 422 g/mol. The first-order chi connectivity index (χ1) is 13.8. The van der Waals surface area contributed by atoms with Crippen LogP contribution in [-0.4, -0.2) is 44.9 Å². The van der Waals surface area contributed by atoms with Crippen LogP contribution < -0.4 is 5.32 Å². The van der Waals surface area contributed by atoms with E-state index < -0.39 is 32.5 Å². The second-order valence-corrected chi connectivity index (χ2v) is 8.36. The van der Waals surface area contributed by atoms with Crippen molar-refractivity contribution in [1.29, 1.82) is 0 Å². The van der Waals surface area contributed by atoms with Crippen molar-refractivity contribution >= 4 is 27.2 Å². The minimum Gasteiger partial charge on any atom is -0.379 e. The number of sulfonamides is 1. The maximum Gasteiger partial charge on any atom is 0.248 e. The molecule has 2 aromatic carbocycles. The zero-order chi connectivity index (χ0) is 21.0. The molecule has 0 unspecified atom stereocenters. The summed E-state index contributed by atoms with van der Waals surface area (Å²) in [5, 5.41) is 2.49. The van der Waals surface area contributed by atoms with E-state index in [9.17, 15) is 22.0 Å². The molecule has 0 radical (unpaired) electrons. The van der Waals surface area contributed by atoms with Crippen LogP contribution in [0.2, 0.25) is 0 Å². The van der Waals surface area contributed by atoms with E-state index in [1.54, 1.807) is 25.1 Å². The van der Waals surface area contributed by atoms with E-state index in [0.717, 1.165) is 16.4 Å². The first kappa shape index (κ1) is 21.1. The number of hydrogen-bond donors (Lipinski definition) is 1. The number of nitrogens with one attached hydrogen (secondary N) is 1. The predicted molar refractivity (Wildman–Crippen MR) is 105 cm³/mol. The highest BCUT2D eigenvalue weighted by Gasteiger charge is 2.29. The number of morpholine rings is 1. The van der Waals surface area contributed by atoms with Gasteiger partial charge in [-0.1, -0.05) is 18.2 Å². The SMILES string of the molecule is C/C(=C/C(=O)Nc1ccc(F)c(S(=O)(=O)N2CCOCC2)c1)c1ccccc1F. The third-order valence-corrected chi connectivity index (χ3v) is 6.35. The Balaban J connectivity index is 1.82. The van der Waals surface area contributed by atoms with Gasteiger partial charge in [0.1, 0.15) is 16.5 Å².